The fourth-order valence-corrected chi connectivity index (χ4v) is 2.18. The van der Waals surface area contributed by atoms with Crippen LogP contribution in [0.4, 0.5) is 0 Å². The molecule has 0 bridgehead atoms. The molecule has 2 aromatic rings. The average Bonchev–Trinajstić information content (AvgIpc) is 2.54. The first-order valence-corrected chi connectivity index (χ1v) is 7.07. The summed E-state index contributed by atoms with van der Waals surface area (Å²) < 4.78 is 5.23. The third-order valence-electron chi connectivity index (χ3n) is 3.34. The summed E-state index contributed by atoms with van der Waals surface area (Å²) >= 11 is 0. The Hall–Kier alpha value is -3.01. The van der Waals surface area contributed by atoms with Crippen molar-refractivity contribution in [3.63, 3.8) is 0 Å². The molecule has 0 amide bonds. The number of hydrogen-bond donors (Lipinski definition) is 2. The zero-order chi connectivity index (χ0) is 16.8. The Labute approximate surface area is 135 Å². The molecule has 2 N–H and O–H groups in total. The number of rotatable bonds is 6. The maximum atomic E-state index is 12.1. The Morgan fingerprint density at radius 2 is 2.04 bits per heavy atom. The Balaban J connectivity index is 2.32. The van der Waals surface area contributed by atoms with Gasteiger partial charge in [0.25, 0.3) is 0 Å². The first-order chi connectivity index (χ1) is 11.0. The molecule has 0 heterocycles. The maximum absolute atomic E-state index is 12.1. The summed E-state index contributed by atoms with van der Waals surface area (Å²) in [6.45, 7) is 3.65. The van der Waals surface area contributed by atoms with E-state index >= 15 is 0 Å². The lowest BCUT2D eigenvalue weighted by Crippen LogP contribution is -1.95. The minimum atomic E-state index is -0.235. The molecular formula is C19H18O4. The summed E-state index contributed by atoms with van der Waals surface area (Å²) in [7, 11) is 1.50. The summed E-state index contributed by atoms with van der Waals surface area (Å²) in [5, 5.41) is 19.3. The van der Waals surface area contributed by atoms with E-state index in [1.54, 1.807) is 30.4 Å². The number of ether oxygens (including phenoxy) is 1. The third-order valence-corrected chi connectivity index (χ3v) is 3.34. The van der Waals surface area contributed by atoms with Gasteiger partial charge in [-0.3, -0.25) is 4.79 Å². The summed E-state index contributed by atoms with van der Waals surface area (Å²) in [5.41, 5.74) is 1.77. The molecule has 4 heteroatoms. The standard InChI is InChI=1S/C19H18O4/c1-3-5-13-10-15(19(23-2)12-18(13)22)8-9-17(21)14-6-4-7-16(20)11-14/h3-4,6-12,20,22H,1,5H2,2H3/b9-8+. The van der Waals surface area contributed by atoms with E-state index < -0.39 is 0 Å². The van der Waals surface area contributed by atoms with Gasteiger partial charge in [0.1, 0.15) is 17.2 Å². The number of aromatic hydroxyl groups is 2. The molecule has 2 rings (SSSR count). The second-order valence-electron chi connectivity index (χ2n) is 4.96. The van der Waals surface area contributed by atoms with Crippen molar-refractivity contribution in [3.05, 3.63) is 71.8 Å². The largest absolute Gasteiger partial charge is 0.508 e. The van der Waals surface area contributed by atoms with Gasteiger partial charge >= 0.3 is 0 Å². The molecule has 0 radical (unpaired) electrons. The molecule has 0 saturated heterocycles. The molecule has 2 aromatic carbocycles. The van der Waals surface area contributed by atoms with Gasteiger partial charge < -0.3 is 14.9 Å². The van der Waals surface area contributed by atoms with Gasteiger partial charge in [0.2, 0.25) is 0 Å². The lowest BCUT2D eigenvalue weighted by Gasteiger charge is -2.09. The Kier molecular flexibility index (Phi) is 5.20. The van der Waals surface area contributed by atoms with Gasteiger partial charge in [0.15, 0.2) is 5.78 Å². The molecule has 118 valence electrons. The van der Waals surface area contributed by atoms with Crippen LogP contribution >= 0.6 is 0 Å². The van der Waals surface area contributed by atoms with Gasteiger partial charge in [-0.25, -0.2) is 0 Å². The van der Waals surface area contributed by atoms with Gasteiger partial charge in [-0.15, -0.1) is 6.58 Å². The van der Waals surface area contributed by atoms with Crippen LogP contribution in [0.25, 0.3) is 6.08 Å². The van der Waals surface area contributed by atoms with Gasteiger partial charge in [-0.1, -0.05) is 18.2 Å². The number of ketones is 1. The van der Waals surface area contributed by atoms with Gasteiger partial charge in [0, 0.05) is 17.2 Å². The van der Waals surface area contributed by atoms with Crippen LogP contribution in [0, 0.1) is 0 Å². The molecule has 0 aliphatic heterocycles. The summed E-state index contributed by atoms with van der Waals surface area (Å²) in [5.74, 6) is 0.398. The van der Waals surface area contributed by atoms with E-state index in [1.807, 2.05) is 0 Å². The number of carbonyl (C=O) groups is 1. The van der Waals surface area contributed by atoms with E-state index in [9.17, 15) is 15.0 Å². The first kappa shape index (κ1) is 16.4. The molecule has 4 nitrogen and oxygen atoms in total. The first-order valence-electron chi connectivity index (χ1n) is 7.07. The van der Waals surface area contributed by atoms with Crippen molar-refractivity contribution in [2.45, 2.75) is 6.42 Å². The molecule has 0 aliphatic carbocycles. The Morgan fingerprint density at radius 1 is 1.26 bits per heavy atom. The summed E-state index contributed by atoms with van der Waals surface area (Å²) in [4.78, 5) is 12.1. The molecule has 0 unspecified atom stereocenters. The number of phenolic OH excluding ortho intramolecular Hbond substituents is 2. The number of phenols is 2. The number of carbonyl (C=O) groups excluding carboxylic acids is 1. The van der Waals surface area contributed by atoms with Crippen LogP contribution in [0.1, 0.15) is 21.5 Å². The number of benzene rings is 2. The van der Waals surface area contributed by atoms with Crippen LogP contribution in [-0.2, 0) is 6.42 Å². The second kappa shape index (κ2) is 7.31. The van der Waals surface area contributed by atoms with Crippen LogP contribution < -0.4 is 4.74 Å². The SMILES string of the molecule is C=CCc1cc(/C=C/C(=O)c2cccc(O)c2)c(OC)cc1O. The number of allylic oxidation sites excluding steroid dienone is 2. The molecule has 0 fully saturated rings. The highest BCUT2D eigenvalue weighted by Gasteiger charge is 2.08. The van der Waals surface area contributed by atoms with E-state index in [4.69, 9.17) is 4.74 Å². The maximum Gasteiger partial charge on any atom is 0.185 e. The van der Waals surface area contributed by atoms with Gasteiger partial charge in [-0.05, 0) is 42.3 Å². The molecule has 0 saturated carbocycles. The van der Waals surface area contributed by atoms with Gasteiger partial charge in [-0.2, -0.15) is 0 Å². The van der Waals surface area contributed by atoms with Crippen molar-refractivity contribution in [2.24, 2.45) is 0 Å². The van der Waals surface area contributed by atoms with Crippen molar-refractivity contribution in [3.8, 4) is 17.2 Å². The van der Waals surface area contributed by atoms with E-state index in [1.165, 1.54) is 31.4 Å². The lowest BCUT2D eigenvalue weighted by atomic mass is 10.0. The van der Waals surface area contributed by atoms with Crippen LogP contribution in [0.2, 0.25) is 0 Å². The minimum absolute atomic E-state index is 0.0414. The number of methoxy groups -OCH3 is 1. The van der Waals surface area contributed by atoms with E-state index in [-0.39, 0.29) is 17.3 Å². The lowest BCUT2D eigenvalue weighted by molar-refractivity contribution is 0.104. The van der Waals surface area contributed by atoms with Crippen LogP contribution in [0.5, 0.6) is 17.2 Å². The van der Waals surface area contributed by atoms with Gasteiger partial charge in [0.05, 0.1) is 7.11 Å². The third kappa shape index (κ3) is 4.01. The van der Waals surface area contributed by atoms with E-state index in [0.717, 1.165) is 0 Å². The highest BCUT2D eigenvalue weighted by Crippen LogP contribution is 2.30. The van der Waals surface area contributed by atoms with Crippen molar-refractivity contribution in [1.82, 2.24) is 0 Å². The fraction of sp³-hybridized carbons (Fsp3) is 0.105. The normalized spacial score (nSPS) is 10.7. The fourth-order valence-electron chi connectivity index (χ4n) is 2.18. The topological polar surface area (TPSA) is 66.8 Å². The van der Waals surface area contributed by atoms with Crippen molar-refractivity contribution >= 4 is 11.9 Å². The molecular weight excluding hydrogens is 292 g/mol. The van der Waals surface area contributed by atoms with E-state index in [0.29, 0.717) is 28.9 Å². The molecule has 0 spiro atoms. The van der Waals surface area contributed by atoms with E-state index in [2.05, 4.69) is 6.58 Å². The van der Waals surface area contributed by atoms with Crippen molar-refractivity contribution < 1.29 is 19.7 Å². The van der Waals surface area contributed by atoms with Crippen molar-refractivity contribution in [2.75, 3.05) is 7.11 Å². The zero-order valence-electron chi connectivity index (χ0n) is 12.8. The predicted octanol–water partition coefficient (Wildman–Crippen LogP) is 3.73. The molecule has 0 aromatic heterocycles. The molecule has 0 atom stereocenters. The quantitative estimate of drug-likeness (QED) is 0.485. The minimum Gasteiger partial charge on any atom is -0.508 e. The number of hydrogen-bond acceptors (Lipinski definition) is 4. The Bertz CT molecular complexity index is 760. The van der Waals surface area contributed by atoms with Crippen LogP contribution in [0.3, 0.4) is 0 Å². The Morgan fingerprint density at radius 3 is 2.70 bits per heavy atom. The van der Waals surface area contributed by atoms with Crippen LogP contribution in [-0.4, -0.2) is 23.1 Å². The molecule has 0 aliphatic rings. The summed E-state index contributed by atoms with van der Waals surface area (Å²) in [6.07, 6.45) is 5.22. The highest BCUT2D eigenvalue weighted by molar-refractivity contribution is 6.07. The monoisotopic (exact) mass is 310 g/mol. The smallest absolute Gasteiger partial charge is 0.185 e. The van der Waals surface area contributed by atoms with Crippen LogP contribution in [0.15, 0.2) is 55.1 Å². The van der Waals surface area contributed by atoms with Crippen molar-refractivity contribution in [1.29, 1.82) is 0 Å². The zero-order valence-corrected chi connectivity index (χ0v) is 12.8. The summed E-state index contributed by atoms with van der Waals surface area (Å²) in [6, 6.07) is 9.41. The highest BCUT2D eigenvalue weighted by atomic mass is 16.5. The molecule has 23 heavy (non-hydrogen) atoms. The average molecular weight is 310 g/mol. The second-order valence-corrected chi connectivity index (χ2v) is 4.96. The predicted molar refractivity (Wildman–Crippen MR) is 90.0 cm³/mol.